The number of aromatic nitrogens is 8. The normalized spacial score (nSPS) is 21.9. The molecule has 4 aromatic rings. The third-order valence-electron chi connectivity index (χ3n) is 13.3. The molecule has 0 bridgehead atoms. The number of phosphoric ester groups is 2. The summed E-state index contributed by atoms with van der Waals surface area (Å²) in [6.07, 6.45) is 21.9. The van der Waals surface area contributed by atoms with E-state index in [9.17, 15) is 23.7 Å². The zero-order valence-electron chi connectivity index (χ0n) is 46.5. The van der Waals surface area contributed by atoms with E-state index in [-0.39, 0.29) is 37.0 Å². The zero-order valence-corrected chi connectivity index (χ0v) is 50.0. The molecule has 2 saturated heterocycles. The van der Waals surface area contributed by atoms with E-state index in [1.165, 1.54) is 68.5 Å². The highest BCUT2D eigenvalue weighted by atomic mass is 33.1. The number of hydrogen-bond acceptors (Lipinski definition) is 21. The number of nitrogens with zero attached hydrogens (tertiary/aromatic N) is 8. The minimum absolute atomic E-state index is 0.00467. The molecule has 2 fully saturated rings. The van der Waals surface area contributed by atoms with Crippen molar-refractivity contribution in [3.05, 3.63) is 83.6 Å². The van der Waals surface area contributed by atoms with E-state index in [0.29, 0.717) is 66.1 Å². The van der Waals surface area contributed by atoms with Crippen LogP contribution >= 0.6 is 37.2 Å². The number of hydrogen-bond donors (Lipinski definition) is 3. The third-order valence-corrected chi connectivity index (χ3v) is 17.9. The maximum Gasteiger partial charge on any atom is 0.268 e. The van der Waals surface area contributed by atoms with Gasteiger partial charge in [0.15, 0.2) is 22.9 Å². The van der Waals surface area contributed by atoms with Gasteiger partial charge < -0.3 is 54.1 Å². The van der Waals surface area contributed by atoms with Crippen molar-refractivity contribution >= 4 is 77.1 Å². The average Bonchev–Trinajstić information content (AvgIpc) is 4.34. The molecule has 4 aromatic heterocycles. The maximum atomic E-state index is 13.4. The first-order valence-electron chi connectivity index (χ1n) is 27.0. The second-order valence-electron chi connectivity index (χ2n) is 20.1. The molecule has 8 atom stereocenters. The van der Waals surface area contributed by atoms with E-state index in [1.54, 1.807) is 15.4 Å². The molecule has 0 aromatic carbocycles. The van der Waals surface area contributed by atoms with Crippen molar-refractivity contribution in [2.24, 2.45) is 0 Å². The molecular formula is C53H79N11O11P2S2-2. The second-order valence-corrected chi connectivity index (χ2v) is 25.6. The molecule has 5 N–H and O–H groups in total. The van der Waals surface area contributed by atoms with Gasteiger partial charge in [0.2, 0.25) is 5.91 Å². The molecule has 0 spiro atoms. The van der Waals surface area contributed by atoms with Crippen molar-refractivity contribution in [2.75, 3.05) is 42.7 Å². The van der Waals surface area contributed by atoms with E-state index in [4.69, 9.17) is 39.0 Å². The van der Waals surface area contributed by atoms with Crippen LogP contribution in [0.1, 0.15) is 151 Å². The summed E-state index contributed by atoms with van der Waals surface area (Å²) in [5, 5.41) is 2.98. The average molecular weight is 1170 g/mol. The Bertz CT molecular complexity index is 2880. The lowest BCUT2D eigenvalue weighted by molar-refractivity contribution is -0.236. The number of ether oxygens (including phenoxy) is 2. The Kier molecular flexibility index (Phi) is 25.7. The number of carbonyl (C=O) groups is 1. The highest BCUT2D eigenvalue weighted by Gasteiger charge is 2.43. The van der Waals surface area contributed by atoms with Crippen LogP contribution in [0, 0.1) is 0 Å². The standard InChI is InChI=1S/C53H81N11O11P2S2/c1-8-41-42(29-46(72-41)63-34-61-48-50(54)57-32-59-52(48)63)74-77(68,69)71-31-44-43(30-47(73-44)64-35-62-49-51(55)58-33-60-53(49)64)75-76(66,67)70-26-14-27-78-79-28-25-56-45(65)24-23-40(7)22-13-20-38(5)17-10-9-16-37(4)19-12-21-39(6)18-11-15-36(2)3/h15-17,21-22,32-35,41-44,46-47H,8-14,18-20,23-31H2,1-7H3,(H,56,65)(H,66,67)(H,68,69)(H2,54,57,59)(H2,55,58,60)/p-2/b37-16?,38-17+,39-21+,40-22?/t41-,42?,43?,44-,46-,47-/m1/s1. The van der Waals surface area contributed by atoms with Gasteiger partial charge in [-0.15, -0.1) is 0 Å². The summed E-state index contributed by atoms with van der Waals surface area (Å²) in [7, 11) is -6.94. The first-order chi connectivity index (χ1) is 37.8. The van der Waals surface area contributed by atoms with Crippen LogP contribution in [0.4, 0.5) is 11.6 Å². The molecule has 4 unspecified atom stereocenters. The smallest absolute Gasteiger partial charge is 0.268 e. The van der Waals surface area contributed by atoms with Crippen LogP contribution in [-0.2, 0) is 41.5 Å². The molecule has 6 heterocycles. The van der Waals surface area contributed by atoms with E-state index >= 15 is 0 Å². The Morgan fingerprint density at radius 3 is 1.70 bits per heavy atom. The Morgan fingerprint density at radius 1 is 0.671 bits per heavy atom. The molecule has 22 nitrogen and oxygen atoms in total. The maximum absolute atomic E-state index is 13.4. The SMILES string of the molecule is CC[C@H]1O[C@@H](n2cnc3c(N)ncnc32)CC1OP(=O)([O-])OC[C@H]1O[C@@H](n2cnc3c(N)ncnc32)CC1OP(=O)([O-])OCCCSSCCNC(=O)CCC(C)=CCC/C(C)=C/CCC=C(C)CC/C=C(\C)CCC=C(C)C. The summed E-state index contributed by atoms with van der Waals surface area (Å²) in [6.45, 7) is 14.5. The molecule has 1 amide bonds. The molecule has 2 aliphatic rings. The van der Waals surface area contributed by atoms with Crippen molar-refractivity contribution in [1.29, 1.82) is 0 Å². The van der Waals surface area contributed by atoms with Gasteiger partial charge in [-0.2, -0.15) is 0 Å². The fourth-order valence-electron chi connectivity index (χ4n) is 8.99. The predicted molar refractivity (Wildman–Crippen MR) is 307 cm³/mol. The fourth-order valence-corrected chi connectivity index (χ4v) is 12.9. The molecule has 79 heavy (non-hydrogen) atoms. The zero-order chi connectivity index (χ0) is 57.0. The highest BCUT2D eigenvalue weighted by molar-refractivity contribution is 8.76. The molecule has 0 saturated carbocycles. The number of phosphoric acid groups is 2. The summed E-state index contributed by atoms with van der Waals surface area (Å²) < 4.78 is 63.8. The summed E-state index contributed by atoms with van der Waals surface area (Å²) in [4.78, 5) is 64.2. The number of nitrogen functional groups attached to an aromatic ring is 2. The number of nitrogens with two attached hydrogens (primary N) is 2. The highest BCUT2D eigenvalue weighted by Crippen LogP contribution is 2.49. The Balaban J connectivity index is 0.862. The largest absolute Gasteiger partial charge is 0.756 e. The van der Waals surface area contributed by atoms with Crippen LogP contribution in [0.2, 0.25) is 0 Å². The second kappa shape index (κ2) is 31.8. The van der Waals surface area contributed by atoms with Gasteiger partial charge in [-0.05, 0) is 112 Å². The van der Waals surface area contributed by atoms with E-state index < -0.39 is 59.1 Å². The summed E-state index contributed by atoms with van der Waals surface area (Å²) >= 11 is 0. The van der Waals surface area contributed by atoms with Crippen LogP contribution in [-0.4, -0.2) is 101 Å². The van der Waals surface area contributed by atoms with Crippen molar-refractivity contribution in [3.8, 4) is 0 Å². The van der Waals surface area contributed by atoms with Gasteiger partial charge in [0.25, 0.3) is 15.6 Å². The lowest BCUT2D eigenvalue weighted by Gasteiger charge is -2.31. The van der Waals surface area contributed by atoms with E-state index in [1.807, 2.05) is 6.92 Å². The predicted octanol–water partition coefficient (Wildman–Crippen LogP) is 10.1. The lowest BCUT2D eigenvalue weighted by Crippen LogP contribution is -2.32. The lowest BCUT2D eigenvalue weighted by atomic mass is 10.0. The van der Waals surface area contributed by atoms with Gasteiger partial charge in [0.05, 0.1) is 44.2 Å². The number of anilines is 2. The Hall–Kier alpha value is -4.29. The number of nitrogens with one attached hydrogen (secondary N) is 1. The number of amides is 1. The number of carbonyl (C=O) groups excluding carboxylic acids is 1. The molecule has 26 heteroatoms. The van der Waals surface area contributed by atoms with Crippen molar-refractivity contribution in [2.45, 2.75) is 175 Å². The number of imidazole rings is 2. The first-order valence-corrected chi connectivity index (χ1v) is 32.4. The van der Waals surface area contributed by atoms with Crippen LogP contribution < -0.4 is 26.6 Å². The summed E-state index contributed by atoms with van der Waals surface area (Å²) in [5.74, 6) is 1.55. The fraction of sp³-hybridized carbons (Fsp3) is 0.604. The number of unbranched alkanes of at least 4 members (excludes halogenated alkanes) is 1. The van der Waals surface area contributed by atoms with Gasteiger partial charge in [-0.1, -0.05) is 86.8 Å². The molecule has 2 aliphatic heterocycles. The van der Waals surface area contributed by atoms with Crippen molar-refractivity contribution in [3.63, 3.8) is 0 Å². The first kappa shape index (κ1) is 63.9. The quantitative estimate of drug-likeness (QED) is 0.0169. The molecular weight excluding hydrogens is 1090 g/mol. The molecule has 0 radical (unpaired) electrons. The van der Waals surface area contributed by atoms with Gasteiger partial charge in [-0.25, -0.2) is 29.9 Å². The number of fused-ring (bicyclic) bond motifs is 2. The number of rotatable bonds is 34. The van der Waals surface area contributed by atoms with Crippen LogP contribution in [0.5, 0.6) is 0 Å². The van der Waals surface area contributed by atoms with Gasteiger partial charge in [-0.3, -0.25) is 23.1 Å². The Labute approximate surface area is 472 Å². The van der Waals surface area contributed by atoms with Gasteiger partial charge >= 0.3 is 0 Å². The minimum atomic E-state index is -5.07. The van der Waals surface area contributed by atoms with Crippen LogP contribution in [0.3, 0.4) is 0 Å². The Morgan fingerprint density at radius 2 is 1.15 bits per heavy atom. The van der Waals surface area contributed by atoms with Crippen molar-refractivity contribution in [1.82, 2.24) is 44.4 Å². The van der Waals surface area contributed by atoms with Gasteiger partial charge in [0, 0.05) is 37.3 Å². The molecule has 436 valence electrons. The van der Waals surface area contributed by atoms with Crippen LogP contribution in [0.15, 0.2) is 83.6 Å². The topological polar surface area (TPSA) is 304 Å². The number of allylic oxidation sites excluding steroid dienone is 10. The monoisotopic (exact) mass is 1170 g/mol. The molecule has 0 aliphatic carbocycles. The summed E-state index contributed by atoms with van der Waals surface area (Å²) in [6, 6.07) is 0. The molecule has 6 rings (SSSR count). The van der Waals surface area contributed by atoms with E-state index in [0.717, 1.165) is 51.4 Å². The van der Waals surface area contributed by atoms with E-state index in [2.05, 4.69) is 107 Å². The van der Waals surface area contributed by atoms with Crippen LogP contribution in [0.25, 0.3) is 22.3 Å². The minimum Gasteiger partial charge on any atom is -0.756 e. The van der Waals surface area contributed by atoms with Gasteiger partial charge in [0.1, 0.15) is 42.2 Å². The third kappa shape index (κ3) is 20.9. The van der Waals surface area contributed by atoms with Crippen molar-refractivity contribution < 1.29 is 51.3 Å². The summed E-state index contributed by atoms with van der Waals surface area (Å²) in [5.41, 5.74) is 20.2.